The second-order valence-corrected chi connectivity index (χ2v) is 5.90. The van der Waals surface area contributed by atoms with Crippen molar-refractivity contribution >= 4 is 29.7 Å². The third-order valence-electron chi connectivity index (χ3n) is 4.02. The number of carbonyl (C=O) groups excluding carboxylic acids is 3. The first-order valence-electron chi connectivity index (χ1n) is 8.84. The number of benzene rings is 2. The number of rotatable bonds is 8. The normalized spacial score (nSPS) is 10.2. The summed E-state index contributed by atoms with van der Waals surface area (Å²) in [5.41, 5.74) is -1.41. The standard InChI is InChI=1S/C21H18O9/c1-3-29-20(27)14-8-6-11(9-15(14)19(25)26)17(22)12-5-7-13(18(23)24)16(10-12)21(28)30-4-2/h5-10H,3-4H2,1-2H3,(H,23,24)(H,25,26). The highest BCUT2D eigenvalue weighted by molar-refractivity contribution is 6.13. The average Bonchev–Trinajstić information content (AvgIpc) is 2.72. The van der Waals surface area contributed by atoms with Crippen LogP contribution >= 0.6 is 0 Å². The van der Waals surface area contributed by atoms with Gasteiger partial charge >= 0.3 is 23.9 Å². The zero-order valence-corrected chi connectivity index (χ0v) is 16.1. The van der Waals surface area contributed by atoms with Gasteiger partial charge < -0.3 is 19.7 Å². The van der Waals surface area contributed by atoms with Gasteiger partial charge in [0.05, 0.1) is 35.5 Å². The van der Waals surface area contributed by atoms with Crippen LogP contribution in [0.3, 0.4) is 0 Å². The van der Waals surface area contributed by atoms with E-state index in [9.17, 15) is 34.2 Å². The van der Waals surface area contributed by atoms with Crippen molar-refractivity contribution in [1.82, 2.24) is 0 Å². The molecule has 2 aromatic rings. The first-order chi connectivity index (χ1) is 14.2. The largest absolute Gasteiger partial charge is 0.478 e. The number of carbonyl (C=O) groups is 5. The molecule has 0 bridgehead atoms. The number of aromatic carboxylic acids is 2. The minimum atomic E-state index is -1.43. The molecule has 0 saturated carbocycles. The molecule has 0 heterocycles. The highest BCUT2D eigenvalue weighted by Crippen LogP contribution is 2.20. The van der Waals surface area contributed by atoms with Gasteiger partial charge in [0.1, 0.15) is 0 Å². The predicted octanol–water partition coefficient (Wildman–Crippen LogP) is 2.67. The van der Waals surface area contributed by atoms with Crippen LogP contribution in [0.4, 0.5) is 0 Å². The Morgan fingerprint density at radius 2 is 1.10 bits per heavy atom. The van der Waals surface area contributed by atoms with Crippen molar-refractivity contribution in [3.8, 4) is 0 Å². The predicted molar refractivity (Wildman–Crippen MR) is 102 cm³/mol. The van der Waals surface area contributed by atoms with Crippen molar-refractivity contribution in [2.45, 2.75) is 13.8 Å². The topological polar surface area (TPSA) is 144 Å². The van der Waals surface area contributed by atoms with Crippen molar-refractivity contribution in [2.24, 2.45) is 0 Å². The molecule has 9 nitrogen and oxygen atoms in total. The Labute approximate surface area is 170 Å². The van der Waals surface area contributed by atoms with E-state index in [1.165, 1.54) is 12.1 Å². The summed E-state index contributed by atoms with van der Waals surface area (Å²) in [6.45, 7) is 3.17. The van der Waals surface area contributed by atoms with Gasteiger partial charge in [-0.1, -0.05) is 12.1 Å². The van der Waals surface area contributed by atoms with Crippen LogP contribution < -0.4 is 0 Å². The molecule has 0 radical (unpaired) electrons. The Morgan fingerprint density at radius 1 is 0.667 bits per heavy atom. The molecule has 0 aliphatic heterocycles. The highest BCUT2D eigenvalue weighted by Gasteiger charge is 2.23. The van der Waals surface area contributed by atoms with Gasteiger partial charge in [0.25, 0.3) is 0 Å². The third kappa shape index (κ3) is 4.69. The number of esters is 2. The van der Waals surface area contributed by atoms with E-state index in [4.69, 9.17) is 9.47 Å². The number of carboxylic acids is 2. The highest BCUT2D eigenvalue weighted by atomic mass is 16.5. The molecule has 0 aliphatic carbocycles. The minimum absolute atomic E-state index is 0.00730. The second-order valence-electron chi connectivity index (χ2n) is 5.90. The van der Waals surface area contributed by atoms with Gasteiger partial charge in [-0.25, -0.2) is 19.2 Å². The monoisotopic (exact) mass is 414 g/mol. The van der Waals surface area contributed by atoms with E-state index >= 15 is 0 Å². The van der Waals surface area contributed by atoms with Crippen LogP contribution in [0.1, 0.15) is 71.2 Å². The molecule has 2 rings (SSSR count). The van der Waals surface area contributed by atoms with E-state index < -0.39 is 35.2 Å². The Morgan fingerprint density at radius 3 is 1.57 bits per heavy atom. The molecule has 0 aromatic heterocycles. The summed E-state index contributed by atoms with van der Waals surface area (Å²) < 4.78 is 9.64. The molecule has 0 atom stereocenters. The number of hydrogen-bond acceptors (Lipinski definition) is 7. The molecule has 30 heavy (non-hydrogen) atoms. The maximum atomic E-state index is 12.8. The maximum absolute atomic E-state index is 12.8. The summed E-state index contributed by atoms with van der Waals surface area (Å²) in [5.74, 6) is -5.22. The lowest BCUT2D eigenvalue weighted by molar-refractivity contribution is 0.0509. The van der Waals surface area contributed by atoms with Crippen molar-refractivity contribution in [3.63, 3.8) is 0 Å². The van der Waals surface area contributed by atoms with Crippen LogP contribution in [0.2, 0.25) is 0 Å². The molecule has 2 aromatic carbocycles. The fourth-order valence-electron chi connectivity index (χ4n) is 2.67. The van der Waals surface area contributed by atoms with Gasteiger partial charge in [0.15, 0.2) is 5.78 Å². The quantitative estimate of drug-likeness (QED) is 0.492. The Hall–Kier alpha value is -4.01. The van der Waals surface area contributed by atoms with Crippen LogP contribution in [0.5, 0.6) is 0 Å². The molecule has 9 heteroatoms. The summed E-state index contributed by atoms with van der Waals surface area (Å²) in [5, 5.41) is 18.6. The first-order valence-corrected chi connectivity index (χ1v) is 8.84. The molecule has 0 amide bonds. The van der Waals surface area contributed by atoms with Crippen LogP contribution in [0.15, 0.2) is 36.4 Å². The van der Waals surface area contributed by atoms with E-state index in [0.717, 1.165) is 24.3 Å². The van der Waals surface area contributed by atoms with E-state index in [-0.39, 0.29) is 41.0 Å². The van der Waals surface area contributed by atoms with Crippen molar-refractivity contribution in [2.75, 3.05) is 13.2 Å². The summed E-state index contributed by atoms with van der Waals surface area (Å²) >= 11 is 0. The summed E-state index contributed by atoms with van der Waals surface area (Å²) in [6.07, 6.45) is 0. The van der Waals surface area contributed by atoms with Gasteiger partial charge in [-0.15, -0.1) is 0 Å². The van der Waals surface area contributed by atoms with Crippen LogP contribution in [0.25, 0.3) is 0 Å². The lowest BCUT2D eigenvalue weighted by Crippen LogP contribution is -2.15. The van der Waals surface area contributed by atoms with E-state index in [1.807, 2.05) is 0 Å². The lowest BCUT2D eigenvalue weighted by Gasteiger charge is -2.10. The van der Waals surface area contributed by atoms with Crippen molar-refractivity contribution in [3.05, 3.63) is 69.8 Å². The Bertz CT molecular complexity index is 1040. The van der Waals surface area contributed by atoms with Gasteiger partial charge in [-0.3, -0.25) is 4.79 Å². The van der Waals surface area contributed by atoms with Crippen LogP contribution in [-0.2, 0) is 9.47 Å². The zero-order valence-electron chi connectivity index (χ0n) is 16.1. The average molecular weight is 414 g/mol. The maximum Gasteiger partial charge on any atom is 0.339 e. The molecule has 156 valence electrons. The number of hydrogen-bond donors (Lipinski definition) is 2. The smallest absolute Gasteiger partial charge is 0.339 e. The summed E-state index contributed by atoms with van der Waals surface area (Å²) in [7, 11) is 0. The third-order valence-corrected chi connectivity index (χ3v) is 4.02. The summed E-state index contributed by atoms with van der Waals surface area (Å²) in [4.78, 5) is 59.7. The molecular formula is C21H18O9. The first kappa shape index (κ1) is 22.3. The van der Waals surface area contributed by atoms with Gasteiger partial charge in [-0.2, -0.15) is 0 Å². The van der Waals surface area contributed by atoms with Crippen LogP contribution in [-0.4, -0.2) is 53.1 Å². The zero-order chi connectivity index (χ0) is 22.4. The van der Waals surface area contributed by atoms with Crippen molar-refractivity contribution < 1.29 is 43.7 Å². The molecule has 0 aliphatic rings. The number of ketones is 1. The second kappa shape index (κ2) is 9.46. The van der Waals surface area contributed by atoms with Gasteiger partial charge in [-0.05, 0) is 38.1 Å². The van der Waals surface area contributed by atoms with Gasteiger partial charge in [0.2, 0.25) is 0 Å². The van der Waals surface area contributed by atoms with Crippen LogP contribution in [0, 0.1) is 0 Å². The van der Waals surface area contributed by atoms with Gasteiger partial charge in [0, 0.05) is 11.1 Å². The SMILES string of the molecule is CCOC(=O)c1ccc(C(=O)c2ccc(C(=O)O)c(C(=O)OCC)c2)cc1C(=O)O. The number of ether oxygens (including phenoxy) is 2. The molecule has 0 saturated heterocycles. The van der Waals surface area contributed by atoms with Crippen molar-refractivity contribution in [1.29, 1.82) is 0 Å². The Balaban J connectivity index is 2.52. The molecular weight excluding hydrogens is 396 g/mol. The summed E-state index contributed by atoms with van der Waals surface area (Å²) in [6, 6.07) is 6.79. The molecule has 0 fully saturated rings. The lowest BCUT2D eigenvalue weighted by atomic mass is 9.95. The molecule has 0 unspecified atom stereocenters. The van der Waals surface area contributed by atoms with E-state index in [2.05, 4.69) is 0 Å². The Kier molecular flexibility index (Phi) is 7.03. The number of carboxylic acid groups (broad SMARTS) is 2. The fourth-order valence-corrected chi connectivity index (χ4v) is 2.67. The minimum Gasteiger partial charge on any atom is -0.478 e. The van der Waals surface area contributed by atoms with E-state index in [1.54, 1.807) is 13.8 Å². The molecule has 2 N–H and O–H groups in total. The fraction of sp³-hybridized carbons (Fsp3) is 0.190. The molecule has 0 spiro atoms. The van der Waals surface area contributed by atoms with E-state index in [0.29, 0.717) is 0 Å².